The number of nitrogens with one attached hydrogen (secondary N) is 1. The van der Waals surface area contributed by atoms with Crippen molar-refractivity contribution in [1.82, 2.24) is 4.90 Å². The second-order valence-electron chi connectivity index (χ2n) is 5.63. The second-order valence-corrected chi connectivity index (χ2v) is 6.06. The summed E-state index contributed by atoms with van der Waals surface area (Å²) in [5.41, 5.74) is 0.607. The summed E-state index contributed by atoms with van der Waals surface area (Å²) in [6, 6.07) is 5.10. The van der Waals surface area contributed by atoms with Crippen LogP contribution in [0.1, 0.15) is 20.3 Å². The Morgan fingerprint density at radius 3 is 2.60 bits per heavy atom. The maximum absolute atomic E-state index is 12.4. The molecule has 2 rings (SSSR count). The van der Waals surface area contributed by atoms with Crippen LogP contribution in [-0.2, 0) is 0 Å². The van der Waals surface area contributed by atoms with Gasteiger partial charge in [0.25, 0.3) is 0 Å². The molecule has 2 atom stereocenters. The van der Waals surface area contributed by atoms with Crippen LogP contribution in [0.25, 0.3) is 0 Å². The van der Waals surface area contributed by atoms with Crippen molar-refractivity contribution in [3.8, 4) is 5.75 Å². The molecular weight excluding hydrogens is 276 g/mol. The van der Waals surface area contributed by atoms with Gasteiger partial charge in [0.05, 0.1) is 12.8 Å². The van der Waals surface area contributed by atoms with Crippen LogP contribution in [0.4, 0.5) is 10.5 Å². The fraction of sp³-hybridized carbons (Fsp3) is 0.533. The number of ether oxygens (including phenoxy) is 1. The molecule has 110 valence electrons. The number of carbonyl (C=O) groups excluding carboxylic acids is 1. The number of likely N-dealkylation sites (tertiary alicyclic amines) is 1. The Bertz CT molecular complexity index is 483. The smallest absolute Gasteiger partial charge is 0.321 e. The van der Waals surface area contributed by atoms with E-state index in [-0.39, 0.29) is 6.03 Å². The first-order valence-electron chi connectivity index (χ1n) is 6.89. The number of methoxy groups -OCH3 is 1. The third kappa shape index (κ3) is 3.57. The summed E-state index contributed by atoms with van der Waals surface area (Å²) in [4.78, 5) is 14.2. The summed E-state index contributed by atoms with van der Waals surface area (Å²) in [6.07, 6.45) is 1.17. The number of halogens is 1. The maximum atomic E-state index is 12.4. The summed E-state index contributed by atoms with van der Waals surface area (Å²) in [7, 11) is 1.57. The van der Waals surface area contributed by atoms with Gasteiger partial charge in [-0.2, -0.15) is 0 Å². The van der Waals surface area contributed by atoms with Gasteiger partial charge in [-0.1, -0.05) is 25.4 Å². The van der Waals surface area contributed by atoms with Gasteiger partial charge < -0.3 is 15.0 Å². The first-order valence-corrected chi connectivity index (χ1v) is 7.27. The van der Waals surface area contributed by atoms with Gasteiger partial charge in [-0.25, -0.2) is 4.79 Å². The highest BCUT2D eigenvalue weighted by Crippen LogP contribution is 2.28. The Labute approximate surface area is 125 Å². The highest BCUT2D eigenvalue weighted by atomic mass is 35.5. The number of nitrogens with zero attached hydrogens (tertiary/aromatic N) is 1. The zero-order valence-electron chi connectivity index (χ0n) is 12.1. The number of piperidine rings is 1. The molecule has 1 aliphatic rings. The lowest BCUT2D eigenvalue weighted by Gasteiger charge is -2.35. The molecule has 1 saturated heterocycles. The Balaban J connectivity index is 2.09. The molecule has 0 aliphatic carbocycles. The van der Waals surface area contributed by atoms with Crippen LogP contribution in [0.2, 0.25) is 5.02 Å². The number of hydrogen-bond donors (Lipinski definition) is 1. The van der Waals surface area contributed by atoms with Gasteiger partial charge in [-0.15, -0.1) is 0 Å². The van der Waals surface area contributed by atoms with Crippen molar-refractivity contribution >= 4 is 23.3 Å². The fourth-order valence-electron chi connectivity index (χ4n) is 2.80. The molecule has 1 fully saturated rings. The Kier molecular flexibility index (Phi) is 4.76. The molecule has 0 saturated carbocycles. The van der Waals surface area contributed by atoms with Crippen molar-refractivity contribution in [3.63, 3.8) is 0 Å². The van der Waals surface area contributed by atoms with Gasteiger partial charge in [0.2, 0.25) is 0 Å². The Morgan fingerprint density at radius 1 is 1.35 bits per heavy atom. The van der Waals surface area contributed by atoms with E-state index in [4.69, 9.17) is 16.3 Å². The van der Waals surface area contributed by atoms with Crippen molar-refractivity contribution in [3.05, 3.63) is 23.2 Å². The number of anilines is 1. The summed E-state index contributed by atoms with van der Waals surface area (Å²) < 4.78 is 5.24. The minimum absolute atomic E-state index is 0.0935. The summed E-state index contributed by atoms with van der Waals surface area (Å²) >= 11 is 5.97. The van der Waals surface area contributed by atoms with Gasteiger partial charge in [0.1, 0.15) is 5.75 Å². The molecule has 4 nitrogen and oxygen atoms in total. The monoisotopic (exact) mass is 296 g/mol. The normalized spacial score (nSPS) is 22.5. The van der Waals surface area contributed by atoms with Gasteiger partial charge >= 0.3 is 6.03 Å². The third-order valence-electron chi connectivity index (χ3n) is 3.56. The molecular formula is C15H21ClN2O2. The Hall–Kier alpha value is -1.42. The van der Waals surface area contributed by atoms with Crippen molar-refractivity contribution in [1.29, 1.82) is 0 Å². The lowest BCUT2D eigenvalue weighted by atomic mass is 9.92. The van der Waals surface area contributed by atoms with E-state index in [9.17, 15) is 4.79 Å². The van der Waals surface area contributed by atoms with E-state index in [1.54, 1.807) is 25.3 Å². The molecule has 1 aliphatic heterocycles. The molecule has 0 spiro atoms. The van der Waals surface area contributed by atoms with Crippen LogP contribution < -0.4 is 10.1 Å². The van der Waals surface area contributed by atoms with E-state index in [1.165, 1.54) is 6.42 Å². The molecule has 0 aromatic heterocycles. The fourth-order valence-corrected chi connectivity index (χ4v) is 2.97. The van der Waals surface area contributed by atoms with Gasteiger partial charge in [-0.05, 0) is 36.5 Å². The number of benzene rings is 1. The van der Waals surface area contributed by atoms with Gasteiger partial charge in [0.15, 0.2) is 0 Å². The van der Waals surface area contributed by atoms with E-state index >= 15 is 0 Å². The SMILES string of the molecule is COc1ccc(Cl)cc1NC(=O)N1CC(C)CC(C)C1. The van der Waals surface area contributed by atoms with Crippen molar-refractivity contribution < 1.29 is 9.53 Å². The zero-order valence-corrected chi connectivity index (χ0v) is 12.9. The topological polar surface area (TPSA) is 41.6 Å². The zero-order chi connectivity index (χ0) is 14.7. The average Bonchev–Trinajstić information content (AvgIpc) is 2.37. The molecule has 1 heterocycles. The van der Waals surface area contributed by atoms with Crippen LogP contribution in [0.5, 0.6) is 5.75 Å². The van der Waals surface area contributed by atoms with E-state index in [2.05, 4.69) is 19.2 Å². The van der Waals surface area contributed by atoms with Crippen LogP contribution >= 0.6 is 11.6 Å². The minimum Gasteiger partial charge on any atom is -0.495 e. The first-order chi connectivity index (χ1) is 9.49. The molecule has 1 aromatic carbocycles. The van der Waals surface area contributed by atoms with Crippen molar-refractivity contribution in [2.45, 2.75) is 20.3 Å². The van der Waals surface area contributed by atoms with Crippen molar-refractivity contribution in [2.75, 3.05) is 25.5 Å². The van der Waals surface area contributed by atoms with Gasteiger partial charge in [0, 0.05) is 18.1 Å². The highest BCUT2D eigenvalue weighted by Gasteiger charge is 2.25. The molecule has 2 unspecified atom stereocenters. The molecule has 2 amide bonds. The lowest BCUT2D eigenvalue weighted by Crippen LogP contribution is -2.44. The van der Waals surface area contributed by atoms with Crippen LogP contribution in [0.15, 0.2) is 18.2 Å². The third-order valence-corrected chi connectivity index (χ3v) is 3.79. The number of carbonyl (C=O) groups is 1. The number of rotatable bonds is 2. The summed E-state index contributed by atoms with van der Waals surface area (Å²) in [6.45, 7) is 5.93. The van der Waals surface area contributed by atoms with E-state index in [0.717, 1.165) is 13.1 Å². The molecule has 0 bridgehead atoms. The van der Waals surface area contributed by atoms with Crippen molar-refractivity contribution in [2.24, 2.45) is 11.8 Å². The number of urea groups is 1. The lowest BCUT2D eigenvalue weighted by molar-refractivity contribution is 0.156. The largest absolute Gasteiger partial charge is 0.495 e. The minimum atomic E-state index is -0.0935. The second kappa shape index (κ2) is 6.35. The number of hydrogen-bond acceptors (Lipinski definition) is 2. The van der Waals surface area contributed by atoms with E-state index in [1.807, 2.05) is 4.90 Å². The van der Waals surface area contributed by atoms with Crippen LogP contribution in [0.3, 0.4) is 0 Å². The standard InChI is InChI=1S/C15H21ClN2O2/c1-10-6-11(2)9-18(8-10)15(19)17-13-7-12(16)4-5-14(13)20-3/h4-5,7,10-11H,6,8-9H2,1-3H3,(H,17,19). The first kappa shape index (κ1) is 15.0. The average molecular weight is 297 g/mol. The molecule has 1 N–H and O–H groups in total. The van der Waals surface area contributed by atoms with E-state index in [0.29, 0.717) is 28.3 Å². The highest BCUT2D eigenvalue weighted by molar-refractivity contribution is 6.31. The van der Waals surface area contributed by atoms with Gasteiger partial charge in [-0.3, -0.25) is 0 Å². The number of amides is 2. The van der Waals surface area contributed by atoms with Crippen LogP contribution in [0, 0.1) is 11.8 Å². The predicted molar refractivity (Wildman–Crippen MR) is 81.5 cm³/mol. The molecule has 0 radical (unpaired) electrons. The Morgan fingerprint density at radius 2 is 2.00 bits per heavy atom. The summed E-state index contributed by atoms with van der Waals surface area (Å²) in [5, 5.41) is 3.46. The quantitative estimate of drug-likeness (QED) is 0.900. The summed E-state index contributed by atoms with van der Waals surface area (Å²) in [5.74, 6) is 1.68. The predicted octanol–water partition coefficient (Wildman–Crippen LogP) is 3.86. The molecule has 5 heteroatoms. The maximum Gasteiger partial charge on any atom is 0.321 e. The van der Waals surface area contributed by atoms with E-state index < -0.39 is 0 Å². The van der Waals surface area contributed by atoms with Crippen LogP contribution in [-0.4, -0.2) is 31.1 Å². The molecule has 1 aromatic rings. The molecule has 20 heavy (non-hydrogen) atoms.